The Labute approximate surface area is 129 Å². The summed E-state index contributed by atoms with van der Waals surface area (Å²) in [5.74, 6) is 2.88. The van der Waals surface area contributed by atoms with Gasteiger partial charge < -0.3 is 10.1 Å². The number of ether oxygens (including phenoxy) is 1. The first kappa shape index (κ1) is 14.9. The first-order chi connectivity index (χ1) is 10.0. The summed E-state index contributed by atoms with van der Waals surface area (Å²) in [5, 5.41) is 3.66. The van der Waals surface area contributed by atoms with Crippen molar-refractivity contribution in [2.24, 2.45) is 11.8 Å². The number of nitrogens with one attached hydrogen (secondary N) is 1. The van der Waals surface area contributed by atoms with Gasteiger partial charge in [-0.3, -0.25) is 0 Å². The van der Waals surface area contributed by atoms with E-state index in [1.165, 1.54) is 43.4 Å². The Morgan fingerprint density at radius 3 is 2.95 bits per heavy atom. The summed E-state index contributed by atoms with van der Waals surface area (Å²) in [7, 11) is 0. The molecule has 3 rings (SSSR count). The van der Waals surface area contributed by atoms with Crippen LogP contribution in [0.15, 0.2) is 18.2 Å². The molecule has 1 aromatic carbocycles. The van der Waals surface area contributed by atoms with Crippen molar-refractivity contribution in [1.29, 1.82) is 0 Å². The largest absolute Gasteiger partial charge is 0.487 e. The summed E-state index contributed by atoms with van der Waals surface area (Å²) in [6, 6.07) is 6.67. The molecular formula is C19H29NO. The molecule has 1 aromatic rings. The molecule has 2 unspecified atom stereocenters. The van der Waals surface area contributed by atoms with Gasteiger partial charge in [0.1, 0.15) is 11.4 Å². The Balaban J connectivity index is 1.50. The summed E-state index contributed by atoms with van der Waals surface area (Å²) < 4.78 is 5.94. The smallest absolute Gasteiger partial charge is 0.123 e. The minimum absolute atomic E-state index is 0.0351. The number of rotatable bonds is 4. The fraction of sp³-hybridized carbons (Fsp3) is 0.684. The molecule has 116 valence electrons. The van der Waals surface area contributed by atoms with Gasteiger partial charge in [0.15, 0.2) is 0 Å². The van der Waals surface area contributed by atoms with Crippen LogP contribution < -0.4 is 10.1 Å². The van der Waals surface area contributed by atoms with Crippen LogP contribution in [0.4, 0.5) is 0 Å². The van der Waals surface area contributed by atoms with Gasteiger partial charge in [-0.15, -0.1) is 0 Å². The summed E-state index contributed by atoms with van der Waals surface area (Å²) in [4.78, 5) is 0. The topological polar surface area (TPSA) is 21.3 Å². The first-order valence-electron chi connectivity index (χ1n) is 8.53. The summed E-state index contributed by atoms with van der Waals surface area (Å²) >= 11 is 0. The van der Waals surface area contributed by atoms with E-state index >= 15 is 0 Å². The molecule has 2 aliphatic rings. The molecule has 2 nitrogen and oxygen atoms in total. The average Bonchev–Trinajstić information content (AvgIpc) is 2.72. The van der Waals surface area contributed by atoms with Crippen LogP contribution in [0, 0.1) is 11.8 Å². The molecular weight excluding hydrogens is 258 g/mol. The monoisotopic (exact) mass is 287 g/mol. The van der Waals surface area contributed by atoms with Gasteiger partial charge in [-0.2, -0.15) is 0 Å². The van der Waals surface area contributed by atoms with Crippen LogP contribution in [-0.4, -0.2) is 12.1 Å². The van der Waals surface area contributed by atoms with Crippen molar-refractivity contribution >= 4 is 0 Å². The van der Waals surface area contributed by atoms with E-state index in [1.807, 2.05) is 0 Å². The summed E-state index contributed by atoms with van der Waals surface area (Å²) in [5.41, 5.74) is 2.72. The average molecular weight is 287 g/mol. The highest BCUT2D eigenvalue weighted by atomic mass is 16.5. The molecule has 1 heterocycles. The standard InChI is InChI=1S/C19H29NO/c1-14-5-4-6-15(9-14)12-20-13-16-7-8-18-17(10-16)11-19(2,3)21-18/h7-8,10,14-15,20H,4-6,9,11-13H2,1-3H3. The number of hydrogen-bond donors (Lipinski definition) is 1. The van der Waals surface area contributed by atoms with E-state index in [2.05, 4.69) is 44.3 Å². The maximum Gasteiger partial charge on any atom is 0.123 e. The van der Waals surface area contributed by atoms with E-state index in [1.54, 1.807) is 0 Å². The lowest BCUT2D eigenvalue weighted by atomic mass is 9.82. The van der Waals surface area contributed by atoms with Crippen LogP contribution in [0.3, 0.4) is 0 Å². The number of fused-ring (bicyclic) bond motifs is 1. The fourth-order valence-corrected chi connectivity index (χ4v) is 3.94. The van der Waals surface area contributed by atoms with Gasteiger partial charge in [-0.25, -0.2) is 0 Å². The van der Waals surface area contributed by atoms with Gasteiger partial charge >= 0.3 is 0 Å². The lowest BCUT2D eigenvalue weighted by molar-refractivity contribution is 0.138. The van der Waals surface area contributed by atoms with E-state index in [0.717, 1.165) is 30.6 Å². The molecule has 0 saturated heterocycles. The number of benzene rings is 1. The van der Waals surface area contributed by atoms with Crippen LogP contribution in [0.2, 0.25) is 0 Å². The Hall–Kier alpha value is -1.02. The maximum atomic E-state index is 5.94. The van der Waals surface area contributed by atoms with Crippen LogP contribution in [-0.2, 0) is 13.0 Å². The zero-order valence-corrected chi connectivity index (χ0v) is 13.7. The molecule has 21 heavy (non-hydrogen) atoms. The third kappa shape index (κ3) is 3.79. The van der Waals surface area contributed by atoms with Gasteiger partial charge in [0.25, 0.3) is 0 Å². The fourth-order valence-electron chi connectivity index (χ4n) is 3.94. The highest BCUT2D eigenvalue weighted by Gasteiger charge is 2.29. The van der Waals surface area contributed by atoms with Gasteiger partial charge in [0, 0.05) is 13.0 Å². The SMILES string of the molecule is CC1CCCC(CNCc2ccc3c(c2)CC(C)(C)O3)C1. The van der Waals surface area contributed by atoms with Crippen molar-refractivity contribution in [1.82, 2.24) is 5.32 Å². The van der Waals surface area contributed by atoms with Crippen LogP contribution in [0.25, 0.3) is 0 Å². The highest BCUT2D eigenvalue weighted by Crippen LogP contribution is 2.35. The zero-order valence-electron chi connectivity index (χ0n) is 13.7. The Morgan fingerprint density at radius 2 is 2.14 bits per heavy atom. The summed E-state index contributed by atoms with van der Waals surface area (Å²) in [6.07, 6.45) is 6.68. The normalized spacial score (nSPS) is 27.2. The molecule has 0 aromatic heterocycles. The number of hydrogen-bond acceptors (Lipinski definition) is 2. The second kappa shape index (κ2) is 6.00. The molecule has 1 fully saturated rings. The molecule has 2 heteroatoms. The molecule has 0 bridgehead atoms. The molecule has 1 saturated carbocycles. The van der Waals surface area contributed by atoms with Crippen LogP contribution in [0.1, 0.15) is 57.6 Å². The van der Waals surface area contributed by atoms with Crippen molar-refractivity contribution < 1.29 is 4.74 Å². The van der Waals surface area contributed by atoms with Crippen LogP contribution in [0.5, 0.6) is 5.75 Å². The van der Waals surface area contributed by atoms with Gasteiger partial charge in [-0.1, -0.05) is 31.9 Å². The summed E-state index contributed by atoms with van der Waals surface area (Å²) in [6.45, 7) is 8.88. The predicted molar refractivity (Wildman–Crippen MR) is 87.7 cm³/mol. The first-order valence-corrected chi connectivity index (χ1v) is 8.53. The third-order valence-corrected chi connectivity index (χ3v) is 4.93. The van der Waals surface area contributed by atoms with Crippen molar-refractivity contribution in [3.8, 4) is 5.75 Å². The lowest BCUT2D eigenvalue weighted by Crippen LogP contribution is -2.26. The molecule has 1 aliphatic heterocycles. The van der Waals surface area contributed by atoms with Crippen molar-refractivity contribution in [3.63, 3.8) is 0 Å². The molecule has 1 N–H and O–H groups in total. The molecule has 2 atom stereocenters. The Morgan fingerprint density at radius 1 is 1.29 bits per heavy atom. The van der Waals surface area contributed by atoms with E-state index in [4.69, 9.17) is 4.74 Å². The van der Waals surface area contributed by atoms with E-state index < -0.39 is 0 Å². The minimum atomic E-state index is -0.0351. The van der Waals surface area contributed by atoms with E-state index in [0.29, 0.717) is 0 Å². The Kier molecular flexibility index (Phi) is 4.26. The molecule has 0 amide bonds. The molecule has 0 radical (unpaired) electrons. The zero-order chi connectivity index (χ0) is 14.9. The molecule has 1 aliphatic carbocycles. The second-order valence-corrected chi connectivity index (χ2v) is 7.75. The highest BCUT2D eigenvalue weighted by molar-refractivity contribution is 5.41. The van der Waals surface area contributed by atoms with Crippen molar-refractivity contribution in [2.45, 2.75) is 65.0 Å². The Bertz CT molecular complexity index is 494. The minimum Gasteiger partial charge on any atom is -0.487 e. The van der Waals surface area contributed by atoms with Gasteiger partial charge in [-0.05, 0) is 62.3 Å². The van der Waals surface area contributed by atoms with Gasteiger partial charge in [0.2, 0.25) is 0 Å². The third-order valence-electron chi connectivity index (χ3n) is 4.93. The quantitative estimate of drug-likeness (QED) is 0.890. The maximum absolute atomic E-state index is 5.94. The second-order valence-electron chi connectivity index (χ2n) is 7.75. The van der Waals surface area contributed by atoms with E-state index in [9.17, 15) is 0 Å². The van der Waals surface area contributed by atoms with Crippen molar-refractivity contribution in [2.75, 3.05) is 6.54 Å². The van der Waals surface area contributed by atoms with Crippen molar-refractivity contribution in [3.05, 3.63) is 29.3 Å². The van der Waals surface area contributed by atoms with E-state index in [-0.39, 0.29) is 5.60 Å². The predicted octanol–water partition coefficient (Wildman–Crippen LogP) is 4.32. The van der Waals surface area contributed by atoms with Gasteiger partial charge in [0.05, 0.1) is 0 Å². The lowest BCUT2D eigenvalue weighted by Gasteiger charge is -2.26. The van der Waals surface area contributed by atoms with Crippen LogP contribution >= 0.6 is 0 Å². The molecule has 0 spiro atoms.